The molecule has 2 N–H and O–H groups in total. The molecule has 0 bridgehead atoms. The first-order valence-corrected chi connectivity index (χ1v) is 8.92. The van der Waals surface area contributed by atoms with Crippen LogP contribution in [0.1, 0.15) is 18.4 Å². The van der Waals surface area contributed by atoms with Crippen LogP contribution in [-0.2, 0) is 20.9 Å². The van der Waals surface area contributed by atoms with Crippen LogP contribution in [0.25, 0.3) is 0 Å². The van der Waals surface area contributed by atoms with Crippen molar-refractivity contribution >= 4 is 23.4 Å². The maximum absolute atomic E-state index is 12.3. The molecule has 140 valence electrons. The minimum atomic E-state index is -0.392. The van der Waals surface area contributed by atoms with Crippen molar-refractivity contribution in [1.29, 1.82) is 0 Å². The fourth-order valence-electron chi connectivity index (χ4n) is 2.98. The number of rotatable bonds is 7. The second kappa shape index (κ2) is 8.93. The van der Waals surface area contributed by atoms with Gasteiger partial charge in [0.25, 0.3) is 0 Å². The Morgan fingerprint density at radius 1 is 1.11 bits per heavy atom. The summed E-state index contributed by atoms with van der Waals surface area (Å²) in [6, 6.07) is 13.0. The van der Waals surface area contributed by atoms with Crippen molar-refractivity contribution in [1.82, 2.24) is 15.6 Å². The Morgan fingerprint density at radius 2 is 1.93 bits per heavy atom. The third-order valence-corrected chi connectivity index (χ3v) is 4.43. The predicted octanol–water partition coefficient (Wildman–Crippen LogP) is 1.26. The second-order valence-corrected chi connectivity index (χ2v) is 6.42. The molecule has 1 aliphatic heterocycles. The van der Waals surface area contributed by atoms with E-state index in [1.54, 1.807) is 17.3 Å². The van der Waals surface area contributed by atoms with E-state index in [1.165, 1.54) is 0 Å². The molecular weight excluding hydrogens is 344 g/mol. The largest absolute Gasteiger partial charge is 0.355 e. The fourth-order valence-corrected chi connectivity index (χ4v) is 2.98. The summed E-state index contributed by atoms with van der Waals surface area (Å²) in [5, 5.41) is 5.54. The number of nitrogens with one attached hydrogen (secondary N) is 2. The van der Waals surface area contributed by atoms with Gasteiger partial charge in [-0.05, 0) is 23.8 Å². The zero-order valence-electron chi connectivity index (χ0n) is 14.9. The van der Waals surface area contributed by atoms with Gasteiger partial charge in [0.2, 0.25) is 17.7 Å². The zero-order chi connectivity index (χ0) is 19.1. The summed E-state index contributed by atoms with van der Waals surface area (Å²) in [6.45, 7) is 1.01. The number of anilines is 1. The Hall–Kier alpha value is -3.22. The van der Waals surface area contributed by atoms with Gasteiger partial charge < -0.3 is 15.5 Å². The molecule has 1 atom stereocenters. The number of pyridine rings is 1. The van der Waals surface area contributed by atoms with E-state index < -0.39 is 5.92 Å². The molecule has 1 unspecified atom stereocenters. The molecule has 1 aromatic carbocycles. The van der Waals surface area contributed by atoms with E-state index in [2.05, 4.69) is 15.6 Å². The summed E-state index contributed by atoms with van der Waals surface area (Å²) < 4.78 is 0. The molecule has 0 radical (unpaired) electrons. The molecule has 7 heteroatoms. The minimum Gasteiger partial charge on any atom is -0.355 e. The van der Waals surface area contributed by atoms with E-state index >= 15 is 0 Å². The van der Waals surface area contributed by atoms with E-state index in [1.807, 2.05) is 42.5 Å². The summed E-state index contributed by atoms with van der Waals surface area (Å²) in [6.07, 6.45) is 3.74. The maximum atomic E-state index is 12.3. The number of carbonyl (C=O) groups is 3. The SMILES string of the molecule is O=C(CCNC(=O)C1CC(=O)N(c2ccccc2)C1)NCc1cccnc1. The highest BCUT2D eigenvalue weighted by molar-refractivity contribution is 6.00. The first-order valence-electron chi connectivity index (χ1n) is 8.92. The van der Waals surface area contributed by atoms with Gasteiger partial charge in [0.15, 0.2) is 0 Å². The topological polar surface area (TPSA) is 91.4 Å². The Bertz CT molecular complexity index is 795. The standard InChI is InChI=1S/C20H22N4O3/c25-18(23-13-15-5-4-9-21-12-15)8-10-22-20(27)16-11-19(26)24(14-16)17-6-2-1-3-7-17/h1-7,9,12,16H,8,10-11,13-14H2,(H,22,27)(H,23,25). The first kappa shape index (κ1) is 18.6. The smallest absolute Gasteiger partial charge is 0.227 e. The molecule has 2 aromatic rings. The fraction of sp³-hybridized carbons (Fsp3) is 0.300. The number of hydrogen-bond donors (Lipinski definition) is 2. The van der Waals surface area contributed by atoms with Gasteiger partial charge in [-0.25, -0.2) is 0 Å². The zero-order valence-corrected chi connectivity index (χ0v) is 14.9. The lowest BCUT2D eigenvalue weighted by Crippen LogP contribution is -2.35. The van der Waals surface area contributed by atoms with E-state index in [0.29, 0.717) is 13.1 Å². The Morgan fingerprint density at radius 3 is 2.67 bits per heavy atom. The number of carbonyl (C=O) groups excluding carboxylic acids is 3. The van der Waals surface area contributed by atoms with Crippen LogP contribution in [0.3, 0.4) is 0 Å². The molecule has 27 heavy (non-hydrogen) atoms. The van der Waals surface area contributed by atoms with Crippen molar-refractivity contribution in [3.63, 3.8) is 0 Å². The van der Waals surface area contributed by atoms with Crippen molar-refractivity contribution in [3.8, 4) is 0 Å². The van der Waals surface area contributed by atoms with Crippen molar-refractivity contribution in [2.45, 2.75) is 19.4 Å². The average Bonchev–Trinajstić information content (AvgIpc) is 3.09. The number of amides is 3. The predicted molar refractivity (Wildman–Crippen MR) is 101 cm³/mol. The second-order valence-electron chi connectivity index (χ2n) is 6.42. The summed E-state index contributed by atoms with van der Waals surface area (Å²) in [7, 11) is 0. The van der Waals surface area contributed by atoms with Gasteiger partial charge in [0, 0.05) is 50.6 Å². The van der Waals surface area contributed by atoms with Crippen molar-refractivity contribution in [3.05, 3.63) is 60.4 Å². The maximum Gasteiger partial charge on any atom is 0.227 e. The summed E-state index contributed by atoms with van der Waals surface area (Å²) in [5.41, 5.74) is 1.72. The molecule has 0 spiro atoms. The molecule has 3 amide bonds. The van der Waals surface area contributed by atoms with Gasteiger partial charge in [-0.15, -0.1) is 0 Å². The van der Waals surface area contributed by atoms with Gasteiger partial charge in [-0.2, -0.15) is 0 Å². The molecular formula is C20H22N4O3. The van der Waals surface area contributed by atoms with Crippen molar-refractivity contribution in [2.75, 3.05) is 18.0 Å². The van der Waals surface area contributed by atoms with E-state index in [-0.39, 0.29) is 37.1 Å². The van der Waals surface area contributed by atoms with Crippen LogP contribution in [0.4, 0.5) is 5.69 Å². The van der Waals surface area contributed by atoms with Crippen molar-refractivity contribution in [2.24, 2.45) is 5.92 Å². The van der Waals surface area contributed by atoms with E-state index in [9.17, 15) is 14.4 Å². The molecule has 1 saturated heterocycles. The van der Waals surface area contributed by atoms with Crippen LogP contribution in [0.5, 0.6) is 0 Å². The van der Waals surface area contributed by atoms with E-state index in [0.717, 1.165) is 11.3 Å². The van der Waals surface area contributed by atoms with Crippen LogP contribution in [0.15, 0.2) is 54.9 Å². The van der Waals surface area contributed by atoms with Gasteiger partial charge in [0.05, 0.1) is 5.92 Å². The Kier molecular flexibility index (Phi) is 6.14. The molecule has 1 aliphatic rings. The quantitative estimate of drug-likeness (QED) is 0.772. The average molecular weight is 366 g/mol. The molecule has 3 rings (SSSR count). The van der Waals surface area contributed by atoms with E-state index in [4.69, 9.17) is 0 Å². The minimum absolute atomic E-state index is 0.0597. The molecule has 1 fully saturated rings. The molecule has 7 nitrogen and oxygen atoms in total. The number of aromatic nitrogens is 1. The van der Waals surface area contributed by atoms with Crippen LogP contribution < -0.4 is 15.5 Å². The highest BCUT2D eigenvalue weighted by Crippen LogP contribution is 2.24. The van der Waals surface area contributed by atoms with Crippen LogP contribution in [0.2, 0.25) is 0 Å². The van der Waals surface area contributed by atoms with Gasteiger partial charge in [-0.1, -0.05) is 24.3 Å². The summed E-state index contributed by atoms with van der Waals surface area (Å²) >= 11 is 0. The van der Waals surface area contributed by atoms with Crippen LogP contribution in [0, 0.1) is 5.92 Å². The lowest BCUT2D eigenvalue weighted by atomic mass is 10.1. The number of benzene rings is 1. The number of para-hydroxylation sites is 1. The number of hydrogen-bond acceptors (Lipinski definition) is 4. The first-order chi connectivity index (χ1) is 13.1. The number of nitrogens with zero attached hydrogens (tertiary/aromatic N) is 2. The third-order valence-electron chi connectivity index (χ3n) is 4.43. The highest BCUT2D eigenvalue weighted by atomic mass is 16.2. The molecule has 1 aromatic heterocycles. The molecule has 0 saturated carbocycles. The third kappa shape index (κ3) is 5.13. The lowest BCUT2D eigenvalue weighted by molar-refractivity contribution is -0.126. The summed E-state index contributed by atoms with van der Waals surface area (Å²) in [4.78, 5) is 41.9. The normalized spacial score (nSPS) is 16.2. The van der Waals surface area contributed by atoms with Gasteiger partial charge >= 0.3 is 0 Å². The Balaban J connectivity index is 1.39. The van der Waals surface area contributed by atoms with Gasteiger partial charge in [0.1, 0.15) is 0 Å². The van der Waals surface area contributed by atoms with Crippen LogP contribution >= 0.6 is 0 Å². The lowest BCUT2D eigenvalue weighted by Gasteiger charge is -2.16. The van der Waals surface area contributed by atoms with Crippen molar-refractivity contribution < 1.29 is 14.4 Å². The molecule has 2 heterocycles. The highest BCUT2D eigenvalue weighted by Gasteiger charge is 2.34. The molecule has 0 aliphatic carbocycles. The van der Waals surface area contributed by atoms with Crippen LogP contribution in [-0.4, -0.2) is 35.8 Å². The Labute approximate surface area is 157 Å². The monoisotopic (exact) mass is 366 g/mol. The van der Waals surface area contributed by atoms with Gasteiger partial charge in [-0.3, -0.25) is 19.4 Å². The summed E-state index contributed by atoms with van der Waals surface area (Å²) in [5.74, 6) is -0.791.